The number of hydrazine groups is 1. The fraction of sp³-hybridized carbons (Fsp3) is 0.875. The second kappa shape index (κ2) is 5.01. The molecule has 0 amide bonds. The van der Waals surface area contributed by atoms with Gasteiger partial charge in [-0.25, -0.2) is 5.84 Å². The molecule has 3 atom stereocenters. The van der Waals surface area contributed by atoms with E-state index >= 15 is 0 Å². The SMILES string of the molecule is CC(C)N(N)/C1=C(\N)CCC2C(CC1)C2C(C)(C)C. The molecule has 0 saturated heterocycles. The summed E-state index contributed by atoms with van der Waals surface area (Å²) in [4.78, 5) is 0. The van der Waals surface area contributed by atoms with Gasteiger partial charge in [-0.1, -0.05) is 20.8 Å². The van der Waals surface area contributed by atoms with Crippen molar-refractivity contribution in [3.8, 4) is 0 Å². The Morgan fingerprint density at radius 1 is 1.11 bits per heavy atom. The minimum Gasteiger partial charge on any atom is -0.401 e. The summed E-state index contributed by atoms with van der Waals surface area (Å²) in [6.07, 6.45) is 4.56. The molecule has 0 bridgehead atoms. The quantitative estimate of drug-likeness (QED) is 0.595. The minimum atomic E-state index is 0.321. The van der Waals surface area contributed by atoms with Crippen LogP contribution in [-0.2, 0) is 0 Å². The van der Waals surface area contributed by atoms with Crippen LogP contribution in [0.5, 0.6) is 0 Å². The average molecular weight is 265 g/mol. The van der Waals surface area contributed by atoms with E-state index in [0.29, 0.717) is 11.5 Å². The Bertz CT molecular complexity index is 365. The van der Waals surface area contributed by atoms with Crippen LogP contribution in [0, 0.1) is 23.2 Å². The van der Waals surface area contributed by atoms with Crippen molar-refractivity contribution >= 4 is 0 Å². The van der Waals surface area contributed by atoms with Crippen LogP contribution in [0.15, 0.2) is 11.4 Å². The summed E-state index contributed by atoms with van der Waals surface area (Å²) in [5, 5.41) is 1.88. The van der Waals surface area contributed by atoms with Crippen molar-refractivity contribution in [2.75, 3.05) is 0 Å². The van der Waals surface area contributed by atoms with Crippen molar-refractivity contribution in [1.82, 2.24) is 5.01 Å². The van der Waals surface area contributed by atoms with E-state index in [1.54, 1.807) is 0 Å². The molecule has 2 aliphatic carbocycles. The van der Waals surface area contributed by atoms with Crippen molar-refractivity contribution < 1.29 is 0 Å². The monoisotopic (exact) mass is 265 g/mol. The molecule has 3 heteroatoms. The summed E-state index contributed by atoms with van der Waals surface area (Å²) >= 11 is 0. The van der Waals surface area contributed by atoms with Crippen molar-refractivity contribution in [2.45, 2.75) is 66.3 Å². The van der Waals surface area contributed by atoms with Crippen LogP contribution in [0.2, 0.25) is 0 Å². The van der Waals surface area contributed by atoms with E-state index in [2.05, 4.69) is 34.6 Å². The molecule has 0 aromatic carbocycles. The van der Waals surface area contributed by atoms with Gasteiger partial charge in [0.1, 0.15) is 0 Å². The van der Waals surface area contributed by atoms with Gasteiger partial charge in [0.25, 0.3) is 0 Å². The van der Waals surface area contributed by atoms with E-state index in [9.17, 15) is 0 Å². The highest BCUT2D eigenvalue weighted by Crippen LogP contribution is 2.61. The number of hydrogen-bond donors (Lipinski definition) is 2. The Hall–Kier alpha value is -0.700. The second-order valence-electron chi connectivity index (χ2n) is 7.77. The molecule has 110 valence electrons. The Kier molecular flexibility index (Phi) is 3.87. The zero-order valence-electron chi connectivity index (χ0n) is 13.2. The van der Waals surface area contributed by atoms with E-state index in [0.717, 1.165) is 36.3 Å². The van der Waals surface area contributed by atoms with Crippen LogP contribution in [-0.4, -0.2) is 11.1 Å². The van der Waals surface area contributed by atoms with Crippen LogP contribution < -0.4 is 11.6 Å². The van der Waals surface area contributed by atoms with Crippen molar-refractivity contribution in [3.05, 3.63) is 11.4 Å². The normalized spacial score (nSPS) is 35.6. The molecule has 0 spiro atoms. The number of rotatable bonds is 2. The first-order valence-electron chi connectivity index (χ1n) is 7.75. The lowest BCUT2D eigenvalue weighted by Gasteiger charge is -2.28. The highest BCUT2D eigenvalue weighted by Gasteiger charge is 2.54. The Morgan fingerprint density at radius 3 is 2.11 bits per heavy atom. The molecule has 19 heavy (non-hydrogen) atoms. The van der Waals surface area contributed by atoms with Gasteiger partial charge in [-0.3, -0.25) is 0 Å². The molecule has 2 aliphatic rings. The highest BCUT2D eigenvalue weighted by atomic mass is 15.4. The smallest absolute Gasteiger partial charge is 0.0481 e. The number of nitrogens with zero attached hydrogens (tertiary/aromatic N) is 1. The van der Waals surface area contributed by atoms with Crippen molar-refractivity contribution in [1.29, 1.82) is 0 Å². The molecule has 0 aromatic rings. The van der Waals surface area contributed by atoms with Gasteiger partial charge in [0.05, 0.1) is 0 Å². The Morgan fingerprint density at radius 2 is 1.63 bits per heavy atom. The topological polar surface area (TPSA) is 55.3 Å². The number of nitrogens with two attached hydrogens (primary N) is 2. The maximum absolute atomic E-state index is 6.28. The lowest BCUT2D eigenvalue weighted by atomic mass is 9.87. The Balaban J connectivity index is 2.07. The van der Waals surface area contributed by atoms with Gasteiger partial charge in [-0.15, -0.1) is 0 Å². The van der Waals surface area contributed by atoms with Crippen LogP contribution >= 0.6 is 0 Å². The summed E-state index contributed by atoms with van der Waals surface area (Å²) < 4.78 is 0. The molecule has 2 rings (SSSR count). The van der Waals surface area contributed by atoms with Crippen LogP contribution in [0.25, 0.3) is 0 Å². The molecular formula is C16H31N3. The van der Waals surface area contributed by atoms with Crippen molar-refractivity contribution in [3.63, 3.8) is 0 Å². The summed E-state index contributed by atoms with van der Waals surface area (Å²) in [6.45, 7) is 11.4. The van der Waals surface area contributed by atoms with Crippen LogP contribution in [0.4, 0.5) is 0 Å². The summed E-state index contributed by atoms with van der Waals surface area (Å²) in [6, 6.07) is 0.321. The van der Waals surface area contributed by atoms with Gasteiger partial charge in [-0.05, 0) is 62.7 Å². The minimum absolute atomic E-state index is 0.321. The molecule has 1 fully saturated rings. The molecule has 4 N–H and O–H groups in total. The third kappa shape index (κ3) is 2.91. The van der Waals surface area contributed by atoms with Gasteiger partial charge in [0.2, 0.25) is 0 Å². The first-order chi connectivity index (χ1) is 8.73. The van der Waals surface area contributed by atoms with Crippen molar-refractivity contribution in [2.24, 2.45) is 34.7 Å². The number of allylic oxidation sites excluding steroid dienone is 2. The maximum Gasteiger partial charge on any atom is 0.0481 e. The van der Waals surface area contributed by atoms with Crippen LogP contribution in [0.1, 0.15) is 60.3 Å². The lowest BCUT2D eigenvalue weighted by molar-refractivity contribution is 0.271. The second-order valence-corrected chi connectivity index (χ2v) is 7.77. The summed E-state index contributed by atoms with van der Waals surface area (Å²) in [5.41, 5.74) is 8.93. The zero-order valence-corrected chi connectivity index (χ0v) is 13.2. The van der Waals surface area contributed by atoms with E-state index in [1.165, 1.54) is 18.5 Å². The molecule has 0 radical (unpaired) electrons. The first kappa shape index (κ1) is 14.7. The molecule has 0 aliphatic heterocycles. The maximum atomic E-state index is 6.28. The predicted octanol–water partition coefficient (Wildman–Crippen LogP) is 3.22. The van der Waals surface area contributed by atoms with Gasteiger partial charge >= 0.3 is 0 Å². The van der Waals surface area contributed by atoms with Gasteiger partial charge in [0.15, 0.2) is 0 Å². The third-order valence-corrected chi connectivity index (χ3v) is 5.03. The van der Waals surface area contributed by atoms with E-state index in [-0.39, 0.29) is 0 Å². The van der Waals surface area contributed by atoms with E-state index in [4.69, 9.17) is 11.6 Å². The van der Waals surface area contributed by atoms with Gasteiger partial charge < -0.3 is 10.7 Å². The summed E-state index contributed by atoms with van der Waals surface area (Å²) in [5.74, 6) is 8.84. The van der Waals surface area contributed by atoms with E-state index < -0.39 is 0 Å². The fourth-order valence-electron chi connectivity index (χ4n) is 4.05. The Labute approximate surface area is 118 Å². The van der Waals surface area contributed by atoms with E-state index in [1.807, 2.05) is 5.01 Å². The molecule has 1 saturated carbocycles. The lowest BCUT2D eigenvalue weighted by Crippen LogP contribution is -2.38. The summed E-state index contributed by atoms with van der Waals surface area (Å²) in [7, 11) is 0. The fourth-order valence-corrected chi connectivity index (χ4v) is 4.05. The highest BCUT2D eigenvalue weighted by molar-refractivity contribution is 5.15. The number of fused-ring (bicyclic) bond motifs is 1. The van der Waals surface area contributed by atoms with Gasteiger partial charge in [-0.2, -0.15) is 0 Å². The standard InChI is InChI=1S/C16H31N3/c1-10(2)19(18)14-9-7-12-11(6-8-13(14)17)15(12)16(3,4)5/h10-12,15H,6-9,17-18H2,1-5H3/b14-13-. The zero-order chi connectivity index (χ0) is 14.4. The molecule has 0 heterocycles. The first-order valence-corrected chi connectivity index (χ1v) is 7.75. The molecular weight excluding hydrogens is 234 g/mol. The van der Waals surface area contributed by atoms with Crippen LogP contribution in [0.3, 0.4) is 0 Å². The molecule has 3 unspecified atom stereocenters. The number of hydrogen-bond acceptors (Lipinski definition) is 3. The third-order valence-electron chi connectivity index (χ3n) is 5.03. The average Bonchev–Trinajstić information content (AvgIpc) is 2.96. The van der Waals surface area contributed by atoms with Gasteiger partial charge in [0, 0.05) is 17.4 Å². The molecule has 3 nitrogen and oxygen atoms in total. The largest absolute Gasteiger partial charge is 0.401 e. The predicted molar refractivity (Wildman–Crippen MR) is 80.8 cm³/mol. The molecule has 0 aromatic heterocycles.